The number of benzene rings is 6. The number of rotatable bonds is 4. The van der Waals surface area contributed by atoms with Gasteiger partial charge in [-0.25, -0.2) is 4.98 Å². The van der Waals surface area contributed by atoms with E-state index in [1.54, 1.807) is 0 Å². The molecule has 0 saturated carbocycles. The van der Waals surface area contributed by atoms with Crippen LogP contribution in [-0.4, -0.2) is 14.1 Å². The second kappa shape index (κ2) is 10.3. The Bertz CT molecular complexity index is 2560. The normalized spacial score (nSPS) is 11.5. The number of fused-ring (bicyclic) bond motifs is 6. The summed E-state index contributed by atoms with van der Waals surface area (Å²) in [6.45, 7) is 0. The molecular formula is C42H26N4. The van der Waals surface area contributed by atoms with Gasteiger partial charge in [-0.05, 0) is 71.8 Å². The highest BCUT2D eigenvalue weighted by Gasteiger charge is 2.19. The van der Waals surface area contributed by atoms with Crippen molar-refractivity contribution >= 4 is 43.6 Å². The van der Waals surface area contributed by atoms with Gasteiger partial charge in [0.2, 0.25) is 0 Å². The molecule has 0 aliphatic rings. The molecule has 3 heterocycles. The first kappa shape index (κ1) is 26.0. The van der Waals surface area contributed by atoms with Gasteiger partial charge in [-0.3, -0.25) is 4.57 Å². The number of para-hydroxylation sites is 4. The average Bonchev–Trinajstić information content (AvgIpc) is 3.64. The van der Waals surface area contributed by atoms with E-state index in [1.807, 2.05) is 24.4 Å². The fourth-order valence-electron chi connectivity index (χ4n) is 7.02. The molecule has 0 N–H and O–H groups in total. The van der Waals surface area contributed by atoms with Crippen molar-refractivity contribution in [2.45, 2.75) is 0 Å². The fourth-order valence-corrected chi connectivity index (χ4v) is 7.02. The quantitative estimate of drug-likeness (QED) is 0.206. The zero-order chi connectivity index (χ0) is 30.6. The summed E-state index contributed by atoms with van der Waals surface area (Å²) in [5, 5.41) is 14.8. The number of nitriles is 1. The van der Waals surface area contributed by atoms with Gasteiger partial charge in [-0.2, -0.15) is 5.26 Å². The fraction of sp³-hybridized carbons (Fsp3) is 0. The molecule has 46 heavy (non-hydrogen) atoms. The van der Waals surface area contributed by atoms with Gasteiger partial charge in [0.05, 0.1) is 39.4 Å². The van der Waals surface area contributed by atoms with E-state index >= 15 is 0 Å². The van der Waals surface area contributed by atoms with Crippen molar-refractivity contribution in [3.8, 4) is 39.8 Å². The average molecular weight is 587 g/mol. The Hall–Kier alpha value is -6.44. The molecule has 0 amide bonds. The van der Waals surface area contributed by atoms with Gasteiger partial charge < -0.3 is 4.57 Å². The van der Waals surface area contributed by atoms with Gasteiger partial charge in [-0.15, -0.1) is 0 Å². The van der Waals surface area contributed by atoms with Crippen LogP contribution in [0.2, 0.25) is 0 Å². The number of pyridine rings is 1. The van der Waals surface area contributed by atoms with E-state index in [-0.39, 0.29) is 0 Å². The van der Waals surface area contributed by atoms with Crippen LogP contribution in [0, 0.1) is 11.3 Å². The van der Waals surface area contributed by atoms with E-state index in [4.69, 9.17) is 4.98 Å². The summed E-state index contributed by atoms with van der Waals surface area (Å²) in [7, 11) is 0. The number of aromatic nitrogens is 3. The third kappa shape index (κ3) is 3.89. The van der Waals surface area contributed by atoms with Gasteiger partial charge in [-0.1, -0.05) is 91.0 Å². The molecule has 0 atom stereocenters. The molecule has 0 aliphatic carbocycles. The molecule has 0 unspecified atom stereocenters. The highest BCUT2D eigenvalue weighted by Crippen LogP contribution is 2.39. The second-order valence-corrected chi connectivity index (χ2v) is 11.5. The van der Waals surface area contributed by atoms with E-state index in [0.29, 0.717) is 5.56 Å². The number of nitrogens with zero attached hydrogens (tertiary/aromatic N) is 4. The minimum atomic E-state index is 0.622. The summed E-state index contributed by atoms with van der Waals surface area (Å²) < 4.78 is 4.59. The molecular weight excluding hydrogens is 560 g/mol. The van der Waals surface area contributed by atoms with E-state index in [1.165, 1.54) is 21.5 Å². The maximum absolute atomic E-state index is 9.95. The molecule has 6 aromatic carbocycles. The van der Waals surface area contributed by atoms with E-state index < -0.39 is 0 Å². The van der Waals surface area contributed by atoms with Crippen LogP contribution in [0.3, 0.4) is 0 Å². The highest BCUT2D eigenvalue weighted by molar-refractivity contribution is 6.10. The zero-order valence-electron chi connectivity index (χ0n) is 24.8. The van der Waals surface area contributed by atoms with Crippen molar-refractivity contribution in [2.75, 3.05) is 0 Å². The van der Waals surface area contributed by atoms with E-state index in [9.17, 15) is 5.26 Å². The first-order valence-electron chi connectivity index (χ1n) is 15.4. The lowest BCUT2D eigenvalue weighted by molar-refractivity contribution is 1.08. The van der Waals surface area contributed by atoms with Crippen LogP contribution in [-0.2, 0) is 0 Å². The molecule has 0 bridgehead atoms. The van der Waals surface area contributed by atoms with Crippen LogP contribution in [0.15, 0.2) is 158 Å². The van der Waals surface area contributed by atoms with Crippen LogP contribution in [0.4, 0.5) is 0 Å². The van der Waals surface area contributed by atoms with Crippen molar-refractivity contribution in [2.24, 2.45) is 0 Å². The minimum Gasteiger partial charge on any atom is -0.309 e. The van der Waals surface area contributed by atoms with E-state index in [0.717, 1.165) is 55.8 Å². The maximum Gasteiger partial charge on any atom is 0.145 e. The van der Waals surface area contributed by atoms with Gasteiger partial charge in [0.1, 0.15) is 5.82 Å². The Morgan fingerprint density at radius 1 is 0.457 bits per heavy atom. The Labute approximate surface area is 265 Å². The predicted octanol–water partition coefficient (Wildman–Crippen LogP) is 10.5. The third-order valence-corrected chi connectivity index (χ3v) is 9.01. The lowest BCUT2D eigenvalue weighted by atomic mass is 9.96. The summed E-state index contributed by atoms with van der Waals surface area (Å²) in [6.07, 6.45) is 1.86. The van der Waals surface area contributed by atoms with Gasteiger partial charge >= 0.3 is 0 Å². The first-order valence-corrected chi connectivity index (χ1v) is 15.4. The largest absolute Gasteiger partial charge is 0.309 e. The maximum atomic E-state index is 9.95. The van der Waals surface area contributed by atoms with Crippen LogP contribution >= 0.6 is 0 Å². The lowest BCUT2D eigenvalue weighted by Crippen LogP contribution is -2.00. The summed E-state index contributed by atoms with van der Waals surface area (Å²) in [5.74, 6) is 0.880. The monoisotopic (exact) mass is 586 g/mol. The molecule has 9 aromatic rings. The van der Waals surface area contributed by atoms with E-state index in [2.05, 4.69) is 149 Å². The summed E-state index contributed by atoms with van der Waals surface area (Å²) in [4.78, 5) is 4.97. The molecule has 4 heteroatoms. The highest BCUT2D eigenvalue weighted by atomic mass is 15.1. The van der Waals surface area contributed by atoms with Crippen molar-refractivity contribution in [1.29, 1.82) is 5.26 Å². The van der Waals surface area contributed by atoms with Crippen molar-refractivity contribution in [3.05, 3.63) is 163 Å². The molecule has 0 radical (unpaired) electrons. The Morgan fingerprint density at radius 2 is 0.978 bits per heavy atom. The lowest BCUT2D eigenvalue weighted by Gasteiger charge is -2.16. The molecule has 0 spiro atoms. The van der Waals surface area contributed by atoms with Gasteiger partial charge in [0.15, 0.2) is 0 Å². The number of hydrogen-bond donors (Lipinski definition) is 0. The van der Waals surface area contributed by atoms with Crippen molar-refractivity contribution < 1.29 is 0 Å². The topological polar surface area (TPSA) is 46.5 Å². The summed E-state index contributed by atoms with van der Waals surface area (Å²) >= 11 is 0. The van der Waals surface area contributed by atoms with Gasteiger partial charge in [0, 0.05) is 38.9 Å². The molecule has 214 valence electrons. The van der Waals surface area contributed by atoms with Crippen LogP contribution < -0.4 is 0 Å². The Kier molecular flexibility index (Phi) is 5.84. The Balaban J connectivity index is 1.28. The standard InChI is InChI=1S/C42H26N4/c43-27-28-22-23-41(45-37-18-5-1-13-32(37)33-14-2-6-19-38(33)45)36(25-28)30-12-9-11-29(26-30)31-17-10-24-44-42(31)46-39-20-7-3-15-34(39)35-16-4-8-21-40(35)46/h1-26H. The predicted molar refractivity (Wildman–Crippen MR) is 189 cm³/mol. The molecule has 3 aromatic heterocycles. The minimum absolute atomic E-state index is 0.622. The van der Waals surface area contributed by atoms with Crippen molar-refractivity contribution in [3.63, 3.8) is 0 Å². The SMILES string of the molecule is N#Cc1ccc(-n2c3ccccc3c3ccccc32)c(-c2cccc(-c3cccnc3-n3c4ccccc4c4ccccc43)c2)c1. The molecule has 0 aliphatic heterocycles. The summed E-state index contributed by atoms with van der Waals surface area (Å²) in [6, 6.07) is 55.2. The van der Waals surface area contributed by atoms with Gasteiger partial charge in [0.25, 0.3) is 0 Å². The molecule has 9 rings (SSSR count). The summed E-state index contributed by atoms with van der Waals surface area (Å²) in [5.41, 5.74) is 10.3. The Morgan fingerprint density at radius 3 is 1.54 bits per heavy atom. The van der Waals surface area contributed by atoms with Crippen LogP contribution in [0.1, 0.15) is 5.56 Å². The molecule has 0 saturated heterocycles. The molecule has 4 nitrogen and oxygen atoms in total. The van der Waals surface area contributed by atoms with Crippen LogP contribution in [0.25, 0.3) is 77.4 Å². The smallest absolute Gasteiger partial charge is 0.145 e. The van der Waals surface area contributed by atoms with Crippen LogP contribution in [0.5, 0.6) is 0 Å². The zero-order valence-corrected chi connectivity index (χ0v) is 24.8. The number of hydrogen-bond acceptors (Lipinski definition) is 2. The molecule has 0 fully saturated rings. The van der Waals surface area contributed by atoms with Crippen molar-refractivity contribution in [1.82, 2.24) is 14.1 Å². The third-order valence-electron chi connectivity index (χ3n) is 9.01. The first-order chi connectivity index (χ1) is 22.8. The second-order valence-electron chi connectivity index (χ2n) is 11.5.